The predicted octanol–water partition coefficient (Wildman–Crippen LogP) is 4.64. The number of halogens is 1. The Bertz CT molecular complexity index is 1530. The highest BCUT2D eigenvalue weighted by atomic mass is 79.9. The number of carbonyl (C=O) groups is 2. The van der Waals surface area contributed by atoms with Crippen LogP contribution in [-0.2, 0) is 32.6 Å². The summed E-state index contributed by atoms with van der Waals surface area (Å²) in [4.78, 5) is 29.7. The van der Waals surface area contributed by atoms with Crippen molar-refractivity contribution in [2.45, 2.75) is 50.7 Å². The molecule has 222 valence electrons. The zero-order valence-electron chi connectivity index (χ0n) is 23.4. The van der Waals surface area contributed by atoms with E-state index in [2.05, 4.69) is 21.2 Å². The number of carbonyl (C=O) groups excluding carboxylic acids is 2. The summed E-state index contributed by atoms with van der Waals surface area (Å²) in [6.07, 6.45) is 5.23. The van der Waals surface area contributed by atoms with Crippen molar-refractivity contribution in [3.8, 4) is 11.5 Å². The zero-order valence-corrected chi connectivity index (χ0v) is 25.8. The number of amides is 2. The van der Waals surface area contributed by atoms with Crippen LogP contribution in [0.5, 0.6) is 11.5 Å². The first-order chi connectivity index (χ1) is 20.2. The van der Waals surface area contributed by atoms with E-state index in [9.17, 15) is 18.0 Å². The zero-order chi connectivity index (χ0) is 29.7. The van der Waals surface area contributed by atoms with Gasteiger partial charge in [0.05, 0.1) is 11.9 Å². The van der Waals surface area contributed by atoms with Crippen molar-refractivity contribution in [3.05, 3.63) is 88.4 Å². The largest absolute Gasteiger partial charge is 0.454 e. The molecule has 3 aromatic rings. The van der Waals surface area contributed by atoms with Crippen molar-refractivity contribution >= 4 is 43.5 Å². The van der Waals surface area contributed by atoms with Crippen molar-refractivity contribution in [1.82, 2.24) is 10.2 Å². The number of anilines is 1. The lowest BCUT2D eigenvalue weighted by Gasteiger charge is -2.34. The first kappa shape index (κ1) is 29.9. The normalized spacial score (nSPS) is 15.3. The van der Waals surface area contributed by atoms with Gasteiger partial charge in [-0.2, -0.15) is 0 Å². The van der Waals surface area contributed by atoms with Crippen LogP contribution in [0.4, 0.5) is 5.69 Å². The summed E-state index contributed by atoms with van der Waals surface area (Å²) in [6.45, 7) is -0.338. The Kier molecular flexibility index (Phi) is 9.37. The van der Waals surface area contributed by atoms with Gasteiger partial charge in [0.15, 0.2) is 11.5 Å². The average molecular weight is 657 g/mol. The van der Waals surface area contributed by atoms with Gasteiger partial charge in [0, 0.05) is 29.5 Å². The first-order valence-electron chi connectivity index (χ1n) is 13.9. The van der Waals surface area contributed by atoms with Crippen LogP contribution in [0.25, 0.3) is 0 Å². The van der Waals surface area contributed by atoms with Gasteiger partial charge in [0.2, 0.25) is 28.6 Å². The lowest BCUT2D eigenvalue weighted by atomic mass is 10.0. The fourth-order valence-electron chi connectivity index (χ4n) is 5.41. The maximum atomic E-state index is 14.2. The number of hydrogen-bond donors (Lipinski definition) is 1. The SMILES string of the molecule is CS(=O)(=O)N(CC(=O)N(Cc1cccc(Br)c1)[C@H](Cc1ccccc1)C(=O)NC1CCCC1)c1ccc2c(c1)OCO2. The van der Waals surface area contributed by atoms with Crippen LogP contribution >= 0.6 is 15.9 Å². The van der Waals surface area contributed by atoms with Crippen LogP contribution in [0.15, 0.2) is 77.3 Å². The highest BCUT2D eigenvalue weighted by molar-refractivity contribution is 9.10. The standard InChI is InChI=1S/C31H34BrN3O6S/c1-42(38,39)35(26-14-15-28-29(18-26)41-21-40-28)20-30(36)34(19-23-10-7-11-24(32)16-23)27(17-22-8-3-2-4-9-22)31(37)33-25-12-5-6-13-25/h2-4,7-11,14-16,18,25,27H,5-6,12-13,17,19-21H2,1H3,(H,33,37)/t27-/m1/s1. The molecule has 42 heavy (non-hydrogen) atoms. The van der Waals surface area contributed by atoms with Gasteiger partial charge in [0.1, 0.15) is 12.6 Å². The highest BCUT2D eigenvalue weighted by Gasteiger charge is 2.34. The molecule has 0 aromatic heterocycles. The van der Waals surface area contributed by atoms with Crippen LogP contribution in [0.1, 0.15) is 36.8 Å². The maximum Gasteiger partial charge on any atom is 0.244 e. The minimum atomic E-state index is -3.89. The maximum absolute atomic E-state index is 14.2. The highest BCUT2D eigenvalue weighted by Crippen LogP contribution is 2.36. The second-order valence-corrected chi connectivity index (χ2v) is 13.5. The van der Waals surface area contributed by atoms with Crippen LogP contribution < -0.4 is 19.1 Å². The summed E-state index contributed by atoms with van der Waals surface area (Å²) in [5, 5.41) is 3.17. The van der Waals surface area contributed by atoms with Gasteiger partial charge >= 0.3 is 0 Å². The summed E-state index contributed by atoms with van der Waals surface area (Å²) in [6, 6.07) is 21.0. The van der Waals surface area contributed by atoms with Gasteiger partial charge in [-0.3, -0.25) is 13.9 Å². The summed E-state index contributed by atoms with van der Waals surface area (Å²) in [5.41, 5.74) is 1.97. The quantitative estimate of drug-likeness (QED) is 0.323. The molecule has 1 N–H and O–H groups in total. The van der Waals surface area contributed by atoms with Gasteiger partial charge in [-0.1, -0.05) is 71.2 Å². The van der Waals surface area contributed by atoms with Crippen molar-refractivity contribution in [2.24, 2.45) is 0 Å². The van der Waals surface area contributed by atoms with Crippen molar-refractivity contribution in [3.63, 3.8) is 0 Å². The molecule has 11 heteroatoms. The Morgan fingerprint density at radius 1 is 0.952 bits per heavy atom. The summed E-state index contributed by atoms with van der Waals surface area (Å²) < 4.78 is 38.7. The third kappa shape index (κ3) is 7.43. The van der Waals surface area contributed by atoms with E-state index in [1.807, 2.05) is 54.6 Å². The molecule has 0 bridgehead atoms. The van der Waals surface area contributed by atoms with E-state index in [1.54, 1.807) is 18.2 Å². The third-order valence-corrected chi connectivity index (χ3v) is 9.17. The number of benzene rings is 3. The topological polar surface area (TPSA) is 105 Å². The van der Waals surface area contributed by atoms with Gasteiger partial charge < -0.3 is 19.7 Å². The Morgan fingerprint density at radius 3 is 2.38 bits per heavy atom. The van der Waals surface area contributed by atoms with Crippen molar-refractivity contribution < 1.29 is 27.5 Å². The second-order valence-electron chi connectivity index (χ2n) is 10.7. The van der Waals surface area contributed by atoms with E-state index in [0.29, 0.717) is 11.5 Å². The lowest BCUT2D eigenvalue weighted by Crippen LogP contribution is -2.54. The molecule has 3 aromatic carbocycles. The fourth-order valence-corrected chi connectivity index (χ4v) is 6.70. The number of rotatable bonds is 11. The second kappa shape index (κ2) is 13.2. The number of hydrogen-bond acceptors (Lipinski definition) is 6. The minimum absolute atomic E-state index is 0.0360. The van der Waals surface area contributed by atoms with Crippen molar-refractivity contribution in [2.75, 3.05) is 23.9 Å². The molecule has 1 aliphatic heterocycles. The minimum Gasteiger partial charge on any atom is -0.454 e. The van der Waals surface area contributed by atoms with Gasteiger partial charge in [-0.25, -0.2) is 8.42 Å². The molecule has 2 aliphatic rings. The molecular weight excluding hydrogens is 622 g/mol. The van der Waals surface area contributed by atoms with E-state index in [1.165, 1.54) is 4.90 Å². The molecule has 1 heterocycles. The molecule has 2 amide bonds. The van der Waals surface area contributed by atoms with Gasteiger partial charge in [0.25, 0.3) is 0 Å². The van der Waals surface area contributed by atoms with Crippen LogP contribution in [-0.4, -0.2) is 56.8 Å². The molecule has 0 spiro atoms. The smallest absolute Gasteiger partial charge is 0.244 e. The number of sulfonamides is 1. The summed E-state index contributed by atoms with van der Waals surface area (Å²) in [7, 11) is -3.89. The number of ether oxygens (including phenoxy) is 2. The Hall–Kier alpha value is -3.57. The summed E-state index contributed by atoms with van der Waals surface area (Å²) in [5.74, 6) is 0.155. The van der Waals surface area contributed by atoms with Crippen LogP contribution in [0, 0.1) is 0 Å². The fraction of sp³-hybridized carbons (Fsp3) is 0.355. The molecule has 1 saturated carbocycles. The van der Waals surface area contributed by atoms with Crippen LogP contribution in [0.3, 0.4) is 0 Å². The average Bonchev–Trinajstić information content (AvgIpc) is 3.65. The number of nitrogens with one attached hydrogen (secondary N) is 1. The Morgan fingerprint density at radius 2 is 1.67 bits per heavy atom. The molecule has 1 atom stereocenters. The molecule has 0 unspecified atom stereocenters. The molecule has 1 fully saturated rings. The molecule has 0 radical (unpaired) electrons. The van der Waals surface area contributed by atoms with E-state index < -0.39 is 28.5 Å². The third-order valence-electron chi connectivity index (χ3n) is 7.54. The van der Waals surface area contributed by atoms with Crippen LogP contribution in [0.2, 0.25) is 0 Å². The molecule has 5 rings (SSSR count). The van der Waals surface area contributed by atoms with Gasteiger partial charge in [-0.15, -0.1) is 0 Å². The van der Waals surface area contributed by atoms with Crippen molar-refractivity contribution in [1.29, 1.82) is 0 Å². The first-order valence-corrected chi connectivity index (χ1v) is 16.6. The molecule has 1 aliphatic carbocycles. The van der Waals surface area contributed by atoms with E-state index >= 15 is 0 Å². The number of nitrogens with zero attached hydrogens (tertiary/aromatic N) is 2. The summed E-state index contributed by atoms with van der Waals surface area (Å²) >= 11 is 3.50. The van der Waals surface area contributed by atoms with Gasteiger partial charge in [-0.05, 0) is 48.2 Å². The Labute approximate surface area is 255 Å². The molecular formula is C31H34BrN3O6S. The Balaban J connectivity index is 1.50. The van der Waals surface area contributed by atoms with E-state index in [4.69, 9.17) is 9.47 Å². The molecule has 9 nitrogen and oxygen atoms in total. The lowest BCUT2D eigenvalue weighted by molar-refractivity contribution is -0.140. The molecule has 0 saturated heterocycles. The van der Waals surface area contributed by atoms with E-state index in [-0.39, 0.29) is 37.4 Å². The predicted molar refractivity (Wildman–Crippen MR) is 164 cm³/mol. The van der Waals surface area contributed by atoms with E-state index in [0.717, 1.165) is 51.8 Å². The number of fused-ring (bicyclic) bond motifs is 1. The monoisotopic (exact) mass is 655 g/mol.